The summed E-state index contributed by atoms with van der Waals surface area (Å²) in [7, 11) is 0. The minimum atomic E-state index is 0. The van der Waals surface area contributed by atoms with Crippen LogP contribution in [0.1, 0.15) is 38.3 Å². The lowest BCUT2D eigenvalue weighted by Gasteiger charge is -2.27. The van der Waals surface area contributed by atoms with Crippen molar-refractivity contribution in [2.75, 3.05) is 13.1 Å². The Morgan fingerprint density at radius 3 is 2.50 bits per heavy atom. The van der Waals surface area contributed by atoms with Crippen LogP contribution in [0.25, 0.3) is 0 Å². The summed E-state index contributed by atoms with van der Waals surface area (Å²) in [5, 5.41) is 0. The van der Waals surface area contributed by atoms with E-state index in [1.165, 1.54) is 24.9 Å². The number of benzene rings is 1. The molecule has 1 saturated heterocycles. The fourth-order valence-electron chi connectivity index (χ4n) is 2.91. The molecule has 1 aliphatic rings. The van der Waals surface area contributed by atoms with Gasteiger partial charge in [0.2, 0.25) is 0 Å². The van der Waals surface area contributed by atoms with Crippen LogP contribution >= 0.6 is 12.4 Å². The molecule has 2 N–H and O–H groups in total. The molecule has 2 nitrogen and oxygen atoms in total. The minimum Gasteiger partial charge on any atom is -0.328 e. The van der Waals surface area contributed by atoms with Crippen LogP contribution in [0.15, 0.2) is 30.3 Å². The first-order chi connectivity index (χ1) is 8.22. The molecule has 0 radical (unpaired) electrons. The van der Waals surface area contributed by atoms with Crippen LogP contribution in [0, 0.1) is 5.92 Å². The van der Waals surface area contributed by atoms with Gasteiger partial charge in [0.1, 0.15) is 0 Å². The molecule has 0 aliphatic carbocycles. The monoisotopic (exact) mass is 268 g/mol. The number of halogens is 1. The Balaban J connectivity index is 0.00000162. The molecule has 18 heavy (non-hydrogen) atoms. The molecule has 3 unspecified atom stereocenters. The number of likely N-dealkylation sites (tertiary alicyclic amines) is 1. The lowest BCUT2D eigenvalue weighted by Crippen LogP contribution is -2.31. The van der Waals surface area contributed by atoms with Gasteiger partial charge < -0.3 is 5.73 Å². The summed E-state index contributed by atoms with van der Waals surface area (Å²) in [5.41, 5.74) is 7.46. The highest BCUT2D eigenvalue weighted by atomic mass is 35.5. The highest BCUT2D eigenvalue weighted by molar-refractivity contribution is 5.85. The quantitative estimate of drug-likeness (QED) is 0.909. The fourth-order valence-corrected chi connectivity index (χ4v) is 2.91. The van der Waals surface area contributed by atoms with Crippen LogP contribution < -0.4 is 5.73 Å². The van der Waals surface area contributed by atoms with Crippen molar-refractivity contribution in [3.63, 3.8) is 0 Å². The second-order valence-corrected chi connectivity index (χ2v) is 5.24. The predicted molar refractivity (Wildman–Crippen MR) is 80.1 cm³/mol. The van der Waals surface area contributed by atoms with Crippen molar-refractivity contribution in [1.29, 1.82) is 0 Å². The summed E-state index contributed by atoms with van der Waals surface area (Å²) in [6, 6.07) is 11.7. The normalized spacial score (nSPS) is 23.4. The smallest absolute Gasteiger partial charge is 0.0345 e. The van der Waals surface area contributed by atoms with Gasteiger partial charge in [-0.1, -0.05) is 37.3 Å². The first-order valence-electron chi connectivity index (χ1n) is 6.77. The molecule has 102 valence electrons. The van der Waals surface area contributed by atoms with Gasteiger partial charge >= 0.3 is 0 Å². The average molecular weight is 269 g/mol. The Hall–Kier alpha value is -0.570. The fraction of sp³-hybridized carbons (Fsp3) is 0.600. The standard InChI is InChI=1S/C15H24N2.ClH/c1-3-15(13-7-5-4-6-8-13)17-10-9-14(11-17)12(2)16;/h4-8,12,14-15H,3,9-11,16H2,1-2H3;1H. The van der Waals surface area contributed by atoms with E-state index in [2.05, 4.69) is 49.1 Å². The van der Waals surface area contributed by atoms with Crippen molar-refractivity contribution in [3.05, 3.63) is 35.9 Å². The molecule has 3 atom stereocenters. The lowest BCUT2D eigenvalue weighted by molar-refractivity contribution is 0.227. The Bertz CT molecular complexity index is 340. The van der Waals surface area contributed by atoms with Gasteiger partial charge in [0.05, 0.1) is 0 Å². The van der Waals surface area contributed by atoms with E-state index in [9.17, 15) is 0 Å². The third kappa shape index (κ3) is 3.47. The molecule has 0 spiro atoms. The van der Waals surface area contributed by atoms with Crippen molar-refractivity contribution in [1.82, 2.24) is 4.90 Å². The van der Waals surface area contributed by atoms with E-state index in [1.54, 1.807) is 0 Å². The maximum Gasteiger partial charge on any atom is 0.0345 e. The Morgan fingerprint density at radius 2 is 2.00 bits per heavy atom. The van der Waals surface area contributed by atoms with E-state index in [0.717, 1.165) is 6.54 Å². The molecule has 0 aromatic heterocycles. The zero-order valence-electron chi connectivity index (χ0n) is 11.4. The molecule has 2 rings (SSSR count). The Labute approximate surface area is 117 Å². The minimum absolute atomic E-state index is 0. The largest absolute Gasteiger partial charge is 0.328 e. The molecular weight excluding hydrogens is 244 g/mol. The maximum absolute atomic E-state index is 6.01. The maximum atomic E-state index is 6.01. The van der Waals surface area contributed by atoms with Gasteiger partial charge in [0.25, 0.3) is 0 Å². The van der Waals surface area contributed by atoms with E-state index in [4.69, 9.17) is 5.73 Å². The van der Waals surface area contributed by atoms with Gasteiger partial charge in [-0.3, -0.25) is 4.90 Å². The molecular formula is C15H25ClN2. The summed E-state index contributed by atoms with van der Waals surface area (Å²) in [4.78, 5) is 2.60. The van der Waals surface area contributed by atoms with E-state index in [1.807, 2.05) is 0 Å². The van der Waals surface area contributed by atoms with Gasteiger partial charge in [-0.2, -0.15) is 0 Å². The van der Waals surface area contributed by atoms with E-state index >= 15 is 0 Å². The summed E-state index contributed by atoms with van der Waals surface area (Å²) in [5.74, 6) is 0.674. The zero-order chi connectivity index (χ0) is 12.3. The predicted octanol–water partition coefficient (Wildman–Crippen LogP) is 3.23. The van der Waals surface area contributed by atoms with Crippen LogP contribution in [0.4, 0.5) is 0 Å². The van der Waals surface area contributed by atoms with Crippen molar-refractivity contribution < 1.29 is 0 Å². The summed E-state index contributed by atoms with van der Waals surface area (Å²) in [6.45, 7) is 6.76. The van der Waals surface area contributed by atoms with Gasteiger partial charge in [0, 0.05) is 18.6 Å². The summed E-state index contributed by atoms with van der Waals surface area (Å²) >= 11 is 0. The third-order valence-corrected chi connectivity index (χ3v) is 4.01. The molecule has 1 aliphatic heterocycles. The van der Waals surface area contributed by atoms with Gasteiger partial charge in [-0.25, -0.2) is 0 Å². The molecule has 0 saturated carbocycles. The number of rotatable bonds is 4. The van der Waals surface area contributed by atoms with E-state index < -0.39 is 0 Å². The van der Waals surface area contributed by atoms with Crippen LogP contribution in [-0.2, 0) is 0 Å². The lowest BCUT2D eigenvalue weighted by atomic mass is 10.0. The van der Waals surface area contributed by atoms with Crippen molar-refractivity contribution in [2.45, 2.75) is 38.8 Å². The van der Waals surface area contributed by atoms with Crippen LogP contribution in [0.2, 0.25) is 0 Å². The van der Waals surface area contributed by atoms with Crippen LogP contribution in [0.5, 0.6) is 0 Å². The number of hydrogen-bond donors (Lipinski definition) is 1. The summed E-state index contributed by atoms with van der Waals surface area (Å²) < 4.78 is 0. The molecule has 0 amide bonds. The molecule has 3 heteroatoms. The first kappa shape index (κ1) is 15.5. The molecule has 1 aromatic rings. The molecule has 1 aromatic carbocycles. The van der Waals surface area contributed by atoms with E-state index in [-0.39, 0.29) is 12.4 Å². The van der Waals surface area contributed by atoms with Gasteiger partial charge in [-0.15, -0.1) is 12.4 Å². The summed E-state index contributed by atoms with van der Waals surface area (Å²) in [6.07, 6.45) is 2.43. The zero-order valence-corrected chi connectivity index (χ0v) is 12.2. The van der Waals surface area contributed by atoms with Crippen LogP contribution in [-0.4, -0.2) is 24.0 Å². The number of nitrogens with zero attached hydrogens (tertiary/aromatic N) is 1. The second kappa shape index (κ2) is 7.13. The molecule has 0 bridgehead atoms. The van der Waals surface area contributed by atoms with Crippen LogP contribution in [0.3, 0.4) is 0 Å². The van der Waals surface area contributed by atoms with E-state index in [0.29, 0.717) is 18.0 Å². The third-order valence-electron chi connectivity index (χ3n) is 4.01. The average Bonchev–Trinajstić information content (AvgIpc) is 2.81. The molecule has 1 fully saturated rings. The second-order valence-electron chi connectivity index (χ2n) is 5.24. The van der Waals surface area contributed by atoms with Crippen molar-refractivity contribution in [3.8, 4) is 0 Å². The Morgan fingerprint density at radius 1 is 1.33 bits per heavy atom. The molecule has 1 heterocycles. The highest BCUT2D eigenvalue weighted by Crippen LogP contribution is 2.30. The highest BCUT2D eigenvalue weighted by Gasteiger charge is 2.29. The number of nitrogens with two attached hydrogens (primary N) is 1. The topological polar surface area (TPSA) is 29.3 Å². The van der Waals surface area contributed by atoms with Crippen molar-refractivity contribution in [2.24, 2.45) is 11.7 Å². The Kier molecular flexibility index (Phi) is 6.13. The number of hydrogen-bond acceptors (Lipinski definition) is 2. The first-order valence-corrected chi connectivity index (χ1v) is 6.77. The van der Waals surface area contributed by atoms with Gasteiger partial charge in [0.15, 0.2) is 0 Å². The SMILES string of the molecule is CCC(c1ccccc1)N1CCC(C(C)N)C1.Cl. The van der Waals surface area contributed by atoms with Gasteiger partial charge in [-0.05, 0) is 37.8 Å². The van der Waals surface area contributed by atoms with Crippen molar-refractivity contribution >= 4 is 12.4 Å².